The highest BCUT2D eigenvalue weighted by molar-refractivity contribution is 6.01. The summed E-state index contributed by atoms with van der Waals surface area (Å²) in [7, 11) is 0. The number of pyridine rings is 3. The Morgan fingerprint density at radius 2 is 1.22 bits per heavy atom. The Morgan fingerprint density at radius 1 is 0.667 bits per heavy atom. The van der Waals surface area contributed by atoms with E-state index in [0.29, 0.717) is 12.1 Å². The molecule has 4 aromatic rings. The fourth-order valence-electron chi connectivity index (χ4n) is 2.90. The molecule has 1 N–H and O–H groups in total. The summed E-state index contributed by atoms with van der Waals surface area (Å²) < 4.78 is 0. The van der Waals surface area contributed by atoms with Crippen molar-refractivity contribution < 1.29 is 0 Å². The molecule has 3 aromatic heterocycles. The summed E-state index contributed by atoms with van der Waals surface area (Å²) in [5, 5.41) is 8.62. The van der Waals surface area contributed by atoms with Gasteiger partial charge in [-0.05, 0) is 47.5 Å². The van der Waals surface area contributed by atoms with Gasteiger partial charge in [0.25, 0.3) is 0 Å². The van der Waals surface area contributed by atoms with E-state index in [1.807, 2.05) is 78.9 Å². The first-order valence-corrected chi connectivity index (χ1v) is 8.76. The van der Waals surface area contributed by atoms with Gasteiger partial charge in [0.05, 0.1) is 22.8 Å². The molecule has 0 saturated heterocycles. The van der Waals surface area contributed by atoms with Crippen molar-refractivity contribution in [2.24, 2.45) is 0 Å². The van der Waals surface area contributed by atoms with Crippen LogP contribution >= 0.6 is 0 Å². The number of benzene rings is 1. The lowest BCUT2D eigenvalue weighted by Gasteiger charge is -2.10. The number of aromatic nitrogens is 3. The van der Waals surface area contributed by atoms with Gasteiger partial charge in [-0.2, -0.15) is 0 Å². The molecule has 0 bridgehead atoms. The maximum Gasteiger partial charge on any atom is 0.0900 e. The summed E-state index contributed by atoms with van der Waals surface area (Å²) in [5.74, 6) is 0. The van der Waals surface area contributed by atoms with Gasteiger partial charge in [0.1, 0.15) is 0 Å². The van der Waals surface area contributed by atoms with E-state index >= 15 is 0 Å². The molecular formula is C23H18N4. The molecule has 130 valence electrons. The lowest BCUT2D eigenvalue weighted by Crippen LogP contribution is -2.06. The number of nitrogens with one attached hydrogen (secondary N) is 1. The molecule has 0 radical (unpaired) electrons. The van der Waals surface area contributed by atoms with Crippen molar-refractivity contribution >= 4 is 5.71 Å². The van der Waals surface area contributed by atoms with Gasteiger partial charge in [0.2, 0.25) is 0 Å². The zero-order valence-electron chi connectivity index (χ0n) is 14.7. The highest BCUT2D eigenvalue weighted by atomic mass is 14.8. The van der Waals surface area contributed by atoms with E-state index in [0.717, 1.165) is 33.9 Å². The Bertz CT molecular complexity index is 988. The number of nitrogens with zero attached hydrogens (tertiary/aromatic N) is 3. The highest BCUT2D eigenvalue weighted by Crippen LogP contribution is 2.23. The zero-order chi connectivity index (χ0) is 18.5. The molecule has 1 aromatic carbocycles. The second-order valence-electron chi connectivity index (χ2n) is 6.20. The van der Waals surface area contributed by atoms with Crippen molar-refractivity contribution in [2.45, 2.75) is 6.42 Å². The molecule has 0 amide bonds. The maximum absolute atomic E-state index is 8.62. The van der Waals surface area contributed by atoms with Crippen LogP contribution in [0.15, 0.2) is 91.3 Å². The molecule has 4 rings (SSSR count). The predicted molar refractivity (Wildman–Crippen MR) is 108 cm³/mol. The van der Waals surface area contributed by atoms with Crippen LogP contribution in [0.1, 0.15) is 11.1 Å². The highest BCUT2D eigenvalue weighted by Gasteiger charge is 2.12. The first kappa shape index (κ1) is 16.8. The second kappa shape index (κ2) is 7.70. The molecule has 0 aliphatic carbocycles. The van der Waals surface area contributed by atoms with Gasteiger partial charge < -0.3 is 5.41 Å². The van der Waals surface area contributed by atoms with Crippen molar-refractivity contribution in [3.8, 4) is 22.8 Å². The van der Waals surface area contributed by atoms with E-state index in [2.05, 4.69) is 9.97 Å². The summed E-state index contributed by atoms with van der Waals surface area (Å²) in [5.41, 5.74) is 5.53. The van der Waals surface area contributed by atoms with Crippen LogP contribution in [-0.4, -0.2) is 20.7 Å². The quantitative estimate of drug-likeness (QED) is 0.525. The average Bonchev–Trinajstić information content (AvgIpc) is 2.75. The molecule has 27 heavy (non-hydrogen) atoms. The lowest BCUT2D eigenvalue weighted by molar-refractivity contribution is 1.20. The summed E-state index contributed by atoms with van der Waals surface area (Å²) in [4.78, 5) is 13.6. The largest absolute Gasteiger partial charge is 0.304 e. The van der Waals surface area contributed by atoms with Gasteiger partial charge in [-0.15, -0.1) is 0 Å². The Morgan fingerprint density at radius 3 is 1.74 bits per heavy atom. The Hall–Kier alpha value is -3.66. The third-order valence-corrected chi connectivity index (χ3v) is 4.25. The minimum Gasteiger partial charge on any atom is -0.304 e. The molecule has 4 heteroatoms. The number of rotatable bonds is 5. The molecule has 0 fully saturated rings. The van der Waals surface area contributed by atoms with Crippen molar-refractivity contribution in [3.63, 3.8) is 0 Å². The molecular weight excluding hydrogens is 332 g/mol. The minimum absolute atomic E-state index is 0.540. The Labute approximate surface area is 158 Å². The Balaban J connectivity index is 1.77. The first-order chi connectivity index (χ1) is 13.3. The summed E-state index contributed by atoms with van der Waals surface area (Å²) in [6, 6.07) is 25.4. The normalized spacial score (nSPS) is 10.5. The minimum atomic E-state index is 0.540. The van der Waals surface area contributed by atoms with Crippen LogP contribution < -0.4 is 0 Å². The maximum atomic E-state index is 8.62. The van der Waals surface area contributed by atoms with Gasteiger partial charge >= 0.3 is 0 Å². The third-order valence-electron chi connectivity index (χ3n) is 4.25. The van der Waals surface area contributed by atoms with Crippen LogP contribution in [0.4, 0.5) is 0 Å². The van der Waals surface area contributed by atoms with E-state index in [-0.39, 0.29) is 0 Å². The lowest BCUT2D eigenvalue weighted by atomic mass is 10.0. The molecule has 0 aliphatic rings. The summed E-state index contributed by atoms with van der Waals surface area (Å²) in [6.45, 7) is 0. The summed E-state index contributed by atoms with van der Waals surface area (Å²) >= 11 is 0. The molecule has 0 atom stereocenters. The van der Waals surface area contributed by atoms with Crippen LogP contribution in [0, 0.1) is 5.41 Å². The monoisotopic (exact) mass is 350 g/mol. The van der Waals surface area contributed by atoms with Crippen LogP contribution in [0.3, 0.4) is 0 Å². The van der Waals surface area contributed by atoms with Gasteiger partial charge in [0.15, 0.2) is 0 Å². The first-order valence-electron chi connectivity index (χ1n) is 8.76. The van der Waals surface area contributed by atoms with Crippen molar-refractivity contribution in [3.05, 3.63) is 102 Å². The molecule has 4 nitrogen and oxygen atoms in total. The van der Waals surface area contributed by atoms with E-state index < -0.39 is 0 Å². The standard InChI is InChI=1S/C23H18N4/c24-19(14-17-8-2-1-3-9-17)18-15-22(20-10-4-6-12-25-20)27-23(16-18)21-11-5-7-13-26-21/h1-13,15-16,24H,14H2. The van der Waals surface area contributed by atoms with Gasteiger partial charge in [-0.1, -0.05) is 42.5 Å². The van der Waals surface area contributed by atoms with Crippen LogP contribution in [0.2, 0.25) is 0 Å². The number of hydrogen-bond donors (Lipinski definition) is 1. The fourth-order valence-corrected chi connectivity index (χ4v) is 2.90. The Kier molecular flexibility index (Phi) is 4.79. The fraction of sp³-hybridized carbons (Fsp3) is 0.0435. The average molecular weight is 350 g/mol. The van der Waals surface area contributed by atoms with Gasteiger partial charge in [0, 0.05) is 24.5 Å². The third kappa shape index (κ3) is 3.96. The smallest absolute Gasteiger partial charge is 0.0900 e. The van der Waals surface area contributed by atoms with Gasteiger partial charge in [-0.3, -0.25) is 9.97 Å². The SMILES string of the molecule is N=C(Cc1ccccc1)c1cc(-c2ccccn2)nc(-c2ccccn2)c1. The molecule has 0 aliphatic heterocycles. The molecule has 0 saturated carbocycles. The zero-order valence-corrected chi connectivity index (χ0v) is 14.7. The van der Waals surface area contributed by atoms with Crippen LogP contribution in [0.5, 0.6) is 0 Å². The topological polar surface area (TPSA) is 62.5 Å². The van der Waals surface area contributed by atoms with E-state index in [1.54, 1.807) is 12.4 Å². The van der Waals surface area contributed by atoms with Crippen molar-refractivity contribution in [1.29, 1.82) is 5.41 Å². The molecule has 0 unspecified atom stereocenters. The molecule has 0 spiro atoms. The van der Waals surface area contributed by atoms with E-state index in [9.17, 15) is 0 Å². The van der Waals surface area contributed by atoms with Gasteiger partial charge in [-0.25, -0.2) is 4.98 Å². The van der Waals surface area contributed by atoms with Crippen molar-refractivity contribution in [1.82, 2.24) is 15.0 Å². The summed E-state index contributed by atoms with van der Waals surface area (Å²) in [6.07, 6.45) is 4.06. The predicted octanol–water partition coefficient (Wildman–Crippen LogP) is 4.82. The van der Waals surface area contributed by atoms with Crippen molar-refractivity contribution in [2.75, 3.05) is 0 Å². The van der Waals surface area contributed by atoms with E-state index in [1.165, 1.54) is 0 Å². The van der Waals surface area contributed by atoms with E-state index in [4.69, 9.17) is 10.4 Å². The van der Waals surface area contributed by atoms with Crippen LogP contribution in [0.25, 0.3) is 22.8 Å². The number of hydrogen-bond acceptors (Lipinski definition) is 4. The van der Waals surface area contributed by atoms with Crippen LogP contribution in [-0.2, 0) is 6.42 Å². The molecule has 3 heterocycles. The second-order valence-corrected chi connectivity index (χ2v) is 6.20.